The van der Waals surface area contributed by atoms with E-state index in [9.17, 15) is 4.79 Å². The predicted octanol–water partition coefficient (Wildman–Crippen LogP) is 2.40. The summed E-state index contributed by atoms with van der Waals surface area (Å²) in [4.78, 5) is 10.8. The molecule has 3 rings (SSSR count). The van der Waals surface area contributed by atoms with Crippen molar-refractivity contribution < 1.29 is 4.79 Å². The van der Waals surface area contributed by atoms with Gasteiger partial charge in [-0.2, -0.15) is 0 Å². The van der Waals surface area contributed by atoms with E-state index in [1.54, 1.807) is 0 Å². The molecule has 1 fully saturated rings. The van der Waals surface area contributed by atoms with Crippen LogP contribution in [0.25, 0.3) is 10.8 Å². The summed E-state index contributed by atoms with van der Waals surface area (Å²) in [5.41, 5.74) is 1.20. The zero-order chi connectivity index (χ0) is 10.3. The van der Waals surface area contributed by atoms with E-state index in [1.165, 1.54) is 16.3 Å². The van der Waals surface area contributed by atoms with E-state index in [0.29, 0.717) is 6.42 Å². The van der Waals surface area contributed by atoms with Crippen molar-refractivity contribution in [1.82, 2.24) is 5.32 Å². The molecule has 0 radical (unpaired) electrons. The molecule has 2 aromatic carbocycles. The minimum atomic E-state index is 0.146. The maximum Gasteiger partial charge on any atom is 0.222 e. The van der Waals surface area contributed by atoms with Gasteiger partial charge in [0, 0.05) is 0 Å². The normalized spacial score (nSPS) is 19.7. The molecule has 15 heavy (non-hydrogen) atoms. The van der Waals surface area contributed by atoms with Gasteiger partial charge in [0.2, 0.25) is 5.91 Å². The van der Waals surface area contributed by atoms with Crippen LogP contribution in [0.2, 0.25) is 0 Å². The molecule has 2 aromatic rings. The number of rotatable bonds is 1. The molecule has 1 saturated heterocycles. The number of amides is 1. The number of fused-ring (bicyclic) bond motifs is 1. The number of hydrogen-bond donors (Lipinski definition) is 1. The first-order chi connectivity index (χ1) is 7.33. The van der Waals surface area contributed by atoms with Gasteiger partial charge in [-0.05, 0) is 22.4 Å². The molecule has 1 aliphatic rings. The molecule has 0 aromatic heterocycles. The SMILES string of the molecule is O=C1C[C@H](c2ccc3ccccc3c2)N1. The first-order valence-electron chi connectivity index (χ1n) is 5.11. The molecule has 1 amide bonds. The third-order valence-electron chi connectivity index (χ3n) is 2.90. The van der Waals surface area contributed by atoms with Gasteiger partial charge in [-0.1, -0.05) is 36.4 Å². The molecule has 2 heteroatoms. The molecule has 1 aliphatic heterocycles. The lowest BCUT2D eigenvalue weighted by molar-refractivity contribution is -0.128. The molecule has 0 saturated carbocycles. The van der Waals surface area contributed by atoms with Crippen molar-refractivity contribution in [2.24, 2.45) is 0 Å². The molecule has 74 valence electrons. The van der Waals surface area contributed by atoms with E-state index >= 15 is 0 Å². The Bertz CT molecular complexity index is 525. The third-order valence-corrected chi connectivity index (χ3v) is 2.90. The van der Waals surface area contributed by atoms with Crippen molar-refractivity contribution in [2.45, 2.75) is 12.5 Å². The van der Waals surface area contributed by atoms with Gasteiger partial charge in [-0.25, -0.2) is 0 Å². The highest BCUT2D eigenvalue weighted by Gasteiger charge is 2.26. The van der Waals surface area contributed by atoms with Crippen LogP contribution in [0, 0.1) is 0 Å². The Morgan fingerprint density at radius 1 is 1.07 bits per heavy atom. The smallest absolute Gasteiger partial charge is 0.222 e. The quantitative estimate of drug-likeness (QED) is 0.699. The molecular weight excluding hydrogens is 186 g/mol. The van der Waals surface area contributed by atoms with Gasteiger partial charge in [-0.15, -0.1) is 0 Å². The third kappa shape index (κ3) is 1.38. The van der Waals surface area contributed by atoms with E-state index in [0.717, 1.165) is 0 Å². The van der Waals surface area contributed by atoms with E-state index in [1.807, 2.05) is 12.1 Å². The Labute approximate surface area is 87.9 Å². The summed E-state index contributed by atoms with van der Waals surface area (Å²) in [7, 11) is 0. The Kier molecular flexibility index (Phi) is 1.75. The van der Waals surface area contributed by atoms with Crippen LogP contribution in [0.5, 0.6) is 0 Å². The fraction of sp³-hybridized carbons (Fsp3) is 0.154. The minimum absolute atomic E-state index is 0.146. The van der Waals surface area contributed by atoms with Gasteiger partial charge < -0.3 is 5.32 Å². The van der Waals surface area contributed by atoms with Gasteiger partial charge in [0.05, 0.1) is 12.5 Å². The Morgan fingerprint density at radius 2 is 1.80 bits per heavy atom. The summed E-state index contributed by atoms with van der Waals surface area (Å²) >= 11 is 0. The fourth-order valence-corrected chi connectivity index (χ4v) is 1.98. The van der Waals surface area contributed by atoms with E-state index in [4.69, 9.17) is 0 Å². The highest BCUT2D eigenvalue weighted by Crippen LogP contribution is 2.26. The van der Waals surface area contributed by atoms with Crippen molar-refractivity contribution in [3.8, 4) is 0 Å². The highest BCUT2D eigenvalue weighted by molar-refractivity contribution is 5.86. The van der Waals surface area contributed by atoms with Crippen LogP contribution in [-0.4, -0.2) is 5.91 Å². The van der Waals surface area contributed by atoms with Gasteiger partial charge in [0.15, 0.2) is 0 Å². The molecule has 0 unspecified atom stereocenters. The summed E-state index contributed by atoms with van der Waals surface area (Å²) in [5, 5.41) is 5.36. The number of carbonyl (C=O) groups excluding carboxylic acids is 1. The summed E-state index contributed by atoms with van der Waals surface area (Å²) < 4.78 is 0. The summed E-state index contributed by atoms with van der Waals surface area (Å²) in [6.07, 6.45) is 0.623. The summed E-state index contributed by atoms with van der Waals surface area (Å²) in [6.45, 7) is 0. The van der Waals surface area contributed by atoms with Crippen LogP contribution in [0.1, 0.15) is 18.0 Å². The first kappa shape index (κ1) is 8.48. The number of β-lactam (4-membered cyclic amide) rings is 1. The molecule has 1 heterocycles. The van der Waals surface area contributed by atoms with Gasteiger partial charge >= 0.3 is 0 Å². The summed E-state index contributed by atoms with van der Waals surface area (Å²) in [5.74, 6) is 0.146. The van der Waals surface area contributed by atoms with Crippen LogP contribution in [0.15, 0.2) is 42.5 Å². The van der Waals surface area contributed by atoms with Gasteiger partial charge in [0.25, 0.3) is 0 Å². The van der Waals surface area contributed by atoms with Crippen molar-refractivity contribution in [1.29, 1.82) is 0 Å². The second-order valence-corrected chi connectivity index (χ2v) is 3.93. The topological polar surface area (TPSA) is 29.1 Å². The van der Waals surface area contributed by atoms with Crippen LogP contribution in [0.3, 0.4) is 0 Å². The zero-order valence-electron chi connectivity index (χ0n) is 8.23. The van der Waals surface area contributed by atoms with Gasteiger partial charge in [-0.3, -0.25) is 4.79 Å². The van der Waals surface area contributed by atoms with Crippen molar-refractivity contribution in [2.75, 3.05) is 0 Å². The Morgan fingerprint density at radius 3 is 2.53 bits per heavy atom. The second kappa shape index (κ2) is 3.09. The van der Waals surface area contributed by atoms with Crippen LogP contribution in [-0.2, 0) is 4.79 Å². The lowest BCUT2D eigenvalue weighted by atomic mass is 9.95. The molecule has 2 nitrogen and oxygen atoms in total. The monoisotopic (exact) mass is 197 g/mol. The van der Waals surface area contributed by atoms with E-state index in [-0.39, 0.29) is 11.9 Å². The molecule has 1 N–H and O–H groups in total. The predicted molar refractivity (Wildman–Crippen MR) is 59.4 cm³/mol. The van der Waals surface area contributed by atoms with Crippen LogP contribution < -0.4 is 5.32 Å². The number of carbonyl (C=O) groups is 1. The maximum atomic E-state index is 10.8. The van der Waals surface area contributed by atoms with Gasteiger partial charge in [0.1, 0.15) is 0 Å². The Balaban J connectivity index is 2.03. The lowest BCUT2D eigenvalue weighted by Gasteiger charge is -2.27. The minimum Gasteiger partial charge on any atom is -0.349 e. The van der Waals surface area contributed by atoms with E-state index in [2.05, 4.69) is 35.6 Å². The maximum absolute atomic E-state index is 10.8. The molecule has 0 spiro atoms. The van der Waals surface area contributed by atoms with E-state index < -0.39 is 0 Å². The van der Waals surface area contributed by atoms with Crippen molar-refractivity contribution in [3.63, 3.8) is 0 Å². The number of benzene rings is 2. The molecule has 0 aliphatic carbocycles. The molecular formula is C13H11NO. The first-order valence-corrected chi connectivity index (χ1v) is 5.11. The van der Waals surface area contributed by atoms with Crippen molar-refractivity contribution in [3.05, 3.63) is 48.0 Å². The average molecular weight is 197 g/mol. The Hall–Kier alpha value is -1.83. The molecule has 1 atom stereocenters. The fourth-order valence-electron chi connectivity index (χ4n) is 1.98. The van der Waals surface area contributed by atoms with Crippen LogP contribution >= 0.6 is 0 Å². The average Bonchev–Trinajstić information content (AvgIpc) is 2.24. The highest BCUT2D eigenvalue weighted by atomic mass is 16.2. The lowest BCUT2D eigenvalue weighted by Crippen LogP contribution is -2.41. The van der Waals surface area contributed by atoms with Crippen LogP contribution in [0.4, 0.5) is 0 Å². The number of nitrogens with one attached hydrogen (secondary N) is 1. The largest absolute Gasteiger partial charge is 0.349 e. The van der Waals surface area contributed by atoms with Crippen molar-refractivity contribution >= 4 is 16.7 Å². The summed E-state index contributed by atoms with van der Waals surface area (Å²) in [6, 6.07) is 14.8. The standard InChI is InChI=1S/C13H11NO/c15-13-8-12(14-13)11-6-5-9-3-1-2-4-10(9)7-11/h1-7,12H,8H2,(H,14,15)/t12-/m1/s1. The number of hydrogen-bond acceptors (Lipinski definition) is 1. The molecule has 0 bridgehead atoms. The zero-order valence-corrected chi connectivity index (χ0v) is 8.23. The second-order valence-electron chi connectivity index (χ2n) is 3.93.